The number of likely N-dealkylation sites (tertiary alicyclic amines) is 1. The molecule has 7 heteroatoms. The molecule has 0 aliphatic carbocycles. The Morgan fingerprint density at radius 1 is 1.10 bits per heavy atom. The molecule has 1 aromatic heterocycles. The van der Waals surface area contributed by atoms with E-state index in [2.05, 4.69) is 26.1 Å². The molecular weight excluding hydrogens is 395 g/mol. The van der Waals surface area contributed by atoms with Gasteiger partial charge < -0.3 is 10.2 Å². The molecule has 0 radical (unpaired) electrons. The van der Waals surface area contributed by atoms with E-state index in [0.717, 1.165) is 18.5 Å². The fourth-order valence-electron chi connectivity index (χ4n) is 3.73. The molecule has 1 aliphatic heterocycles. The van der Waals surface area contributed by atoms with E-state index in [0.29, 0.717) is 24.5 Å². The van der Waals surface area contributed by atoms with Crippen molar-refractivity contribution in [3.05, 3.63) is 47.4 Å². The number of carbonyl (C=O) groups excluding carboxylic acids is 2. The number of carbonyl (C=O) groups is 2. The average Bonchev–Trinajstić information content (AvgIpc) is 3.13. The van der Waals surface area contributed by atoms with E-state index in [-0.39, 0.29) is 34.5 Å². The number of piperidine rings is 1. The molecule has 0 spiro atoms. The van der Waals surface area contributed by atoms with Gasteiger partial charge in [0.2, 0.25) is 5.91 Å². The van der Waals surface area contributed by atoms with Gasteiger partial charge in [0.15, 0.2) is 0 Å². The molecule has 2 amide bonds. The summed E-state index contributed by atoms with van der Waals surface area (Å²) < 4.78 is 15.0. The quantitative estimate of drug-likeness (QED) is 0.779. The summed E-state index contributed by atoms with van der Waals surface area (Å²) in [6.07, 6.45) is 1.46. The summed E-state index contributed by atoms with van der Waals surface area (Å²) in [5.41, 5.74) is 0.917. The molecule has 1 unspecified atom stereocenters. The number of halogens is 1. The number of benzene rings is 1. The van der Waals surface area contributed by atoms with Crippen LogP contribution in [0, 0.1) is 11.7 Å². The number of hydrogen-bond acceptors (Lipinski definition) is 3. The third kappa shape index (κ3) is 5.32. The third-order valence-corrected chi connectivity index (χ3v) is 5.54. The predicted octanol–water partition coefficient (Wildman–Crippen LogP) is 4.57. The number of anilines is 1. The molecule has 1 fully saturated rings. The van der Waals surface area contributed by atoms with E-state index in [1.165, 1.54) is 24.3 Å². The molecule has 3 rings (SSSR count). The molecule has 1 N–H and O–H groups in total. The van der Waals surface area contributed by atoms with Crippen LogP contribution in [0.1, 0.15) is 70.4 Å². The predicted molar refractivity (Wildman–Crippen MR) is 120 cm³/mol. The van der Waals surface area contributed by atoms with Gasteiger partial charge in [0.1, 0.15) is 11.6 Å². The van der Waals surface area contributed by atoms with Crippen molar-refractivity contribution in [3.8, 4) is 0 Å². The van der Waals surface area contributed by atoms with Gasteiger partial charge in [-0.05, 0) is 57.9 Å². The number of nitrogens with one attached hydrogen (secondary N) is 1. The number of amides is 2. The van der Waals surface area contributed by atoms with Gasteiger partial charge in [-0.25, -0.2) is 9.07 Å². The molecule has 1 aliphatic rings. The Morgan fingerprint density at radius 2 is 1.74 bits per heavy atom. The topological polar surface area (TPSA) is 67.2 Å². The van der Waals surface area contributed by atoms with E-state index in [9.17, 15) is 14.0 Å². The Balaban J connectivity index is 1.75. The van der Waals surface area contributed by atoms with E-state index in [4.69, 9.17) is 5.10 Å². The maximum Gasteiger partial charge on any atom is 0.253 e. The summed E-state index contributed by atoms with van der Waals surface area (Å²) in [5.74, 6) is -0.295. The number of rotatable bonds is 3. The molecule has 1 saturated heterocycles. The van der Waals surface area contributed by atoms with Crippen molar-refractivity contribution >= 4 is 17.6 Å². The van der Waals surface area contributed by atoms with Crippen LogP contribution in [0.5, 0.6) is 0 Å². The molecule has 0 bridgehead atoms. The third-order valence-electron chi connectivity index (χ3n) is 5.54. The van der Waals surface area contributed by atoms with Gasteiger partial charge in [-0.1, -0.05) is 20.8 Å². The van der Waals surface area contributed by atoms with Crippen molar-refractivity contribution in [2.75, 3.05) is 18.4 Å². The highest BCUT2D eigenvalue weighted by molar-refractivity contribution is 5.96. The van der Waals surface area contributed by atoms with Gasteiger partial charge in [0.25, 0.3) is 5.91 Å². The lowest BCUT2D eigenvalue weighted by Gasteiger charge is -2.32. The van der Waals surface area contributed by atoms with Crippen LogP contribution in [0.15, 0.2) is 30.3 Å². The smallest absolute Gasteiger partial charge is 0.253 e. The van der Waals surface area contributed by atoms with Gasteiger partial charge >= 0.3 is 0 Å². The molecule has 1 atom stereocenters. The summed E-state index contributed by atoms with van der Waals surface area (Å²) in [4.78, 5) is 27.6. The monoisotopic (exact) mass is 428 g/mol. The average molecular weight is 429 g/mol. The van der Waals surface area contributed by atoms with Crippen LogP contribution in [0.3, 0.4) is 0 Å². The summed E-state index contributed by atoms with van der Waals surface area (Å²) in [7, 11) is 0. The molecule has 2 aromatic rings. The Labute approximate surface area is 183 Å². The van der Waals surface area contributed by atoms with E-state index in [1.54, 1.807) is 4.90 Å². The zero-order valence-corrected chi connectivity index (χ0v) is 19.3. The minimum atomic E-state index is -0.377. The van der Waals surface area contributed by atoms with Crippen molar-refractivity contribution in [1.29, 1.82) is 0 Å². The highest BCUT2D eigenvalue weighted by atomic mass is 19.1. The molecule has 168 valence electrons. The molecule has 0 saturated carbocycles. The fourth-order valence-corrected chi connectivity index (χ4v) is 3.73. The standard InChI is InChI=1S/C24H33FN4O2/c1-23(2,3)19-14-20(29(27-19)24(4,5)6)26-21(30)17-8-7-13-28(15-17)22(31)16-9-11-18(25)12-10-16/h9-12,14,17H,7-8,13,15H2,1-6H3,(H,26,30). The molecule has 2 heterocycles. The first-order chi connectivity index (χ1) is 14.4. The minimum absolute atomic E-state index is 0.109. The second-order valence-electron chi connectivity index (χ2n) is 10.3. The lowest BCUT2D eigenvalue weighted by Crippen LogP contribution is -2.44. The fraction of sp³-hybridized carbons (Fsp3) is 0.542. The SMILES string of the molecule is CC(C)(C)c1cc(NC(=O)C2CCCN(C(=O)c3ccc(F)cc3)C2)n(C(C)(C)C)n1. The lowest BCUT2D eigenvalue weighted by molar-refractivity contribution is -0.121. The van der Waals surface area contributed by atoms with Gasteiger partial charge in [0.05, 0.1) is 17.2 Å². The van der Waals surface area contributed by atoms with Crippen molar-refractivity contribution in [3.63, 3.8) is 0 Å². The van der Waals surface area contributed by atoms with Crippen molar-refractivity contribution in [2.24, 2.45) is 5.92 Å². The van der Waals surface area contributed by atoms with Crippen LogP contribution < -0.4 is 5.32 Å². The minimum Gasteiger partial charge on any atom is -0.338 e. The van der Waals surface area contributed by atoms with Crippen LogP contribution >= 0.6 is 0 Å². The number of hydrogen-bond donors (Lipinski definition) is 1. The molecule has 6 nitrogen and oxygen atoms in total. The first-order valence-corrected chi connectivity index (χ1v) is 10.8. The highest BCUT2D eigenvalue weighted by Gasteiger charge is 2.31. The Hall–Kier alpha value is -2.70. The second kappa shape index (κ2) is 8.44. The Morgan fingerprint density at radius 3 is 2.32 bits per heavy atom. The first kappa shape index (κ1) is 23.0. The highest BCUT2D eigenvalue weighted by Crippen LogP contribution is 2.29. The Bertz CT molecular complexity index is 951. The van der Waals surface area contributed by atoms with Crippen molar-refractivity contribution in [1.82, 2.24) is 14.7 Å². The van der Waals surface area contributed by atoms with E-state index >= 15 is 0 Å². The normalized spacial score (nSPS) is 17.5. The number of nitrogens with zero attached hydrogens (tertiary/aromatic N) is 3. The Kier molecular flexibility index (Phi) is 6.25. The maximum absolute atomic E-state index is 13.2. The van der Waals surface area contributed by atoms with E-state index in [1.807, 2.05) is 31.5 Å². The molecular formula is C24H33FN4O2. The van der Waals surface area contributed by atoms with Gasteiger partial charge in [-0.2, -0.15) is 5.10 Å². The molecule has 1 aromatic carbocycles. The van der Waals surface area contributed by atoms with Crippen LogP contribution in [0.2, 0.25) is 0 Å². The zero-order chi connectivity index (χ0) is 23.0. The molecule has 31 heavy (non-hydrogen) atoms. The maximum atomic E-state index is 13.2. The van der Waals surface area contributed by atoms with Gasteiger partial charge in [-0.3, -0.25) is 9.59 Å². The van der Waals surface area contributed by atoms with Gasteiger partial charge in [0, 0.05) is 30.1 Å². The summed E-state index contributed by atoms with van der Waals surface area (Å²) in [5, 5.41) is 7.81. The number of aromatic nitrogens is 2. The van der Waals surface area contributed by atoms with Crippen molar-refractivity contribution < 1.29 is 14.0 Å². The summed E-state index contributed by atoms with van der Waals surface area (Å²) in [6.45, 7) is 13.4. The zero-order valence-electron chi connectivity index (χ0n) is 19.3. The van der Waals surface area contributed by atoms with Gasteiger partial charge in [-0.15, -0.1) is 0 Å². The van der Waals surface area contributed by atoms with E-state index < -0.39 is 0 Å². The van der Waals surface area contributed by atoms with Crippen LogP contribution in [-0.2, 0) is 15.7 Å². The lowest BCUT2D eigenvalue weighted by atomic mass is 9.92. The first-order valence-electron chi connectivity index (χ1n) is 10.8. The largest absolute Gasteiger partial charge is 0.338 e. The summed E-state index contributed by atoms with van der Waals surface area (Å²) >= 11 is 0. The van der Waals surface area contributed by atoms with Crippen LogP contribution in [0.25, 0.3) is 0 Å². The second-order valence-corrected chi connectivity index (χ2v) is 10.3. The van der Waals surface area contributed by atoms with Crippen LogP contribution in [0.4, 0.5) is 10.2 Å². The van der Waals surface area contributed by atoms with Crippen LogP contribution in [-0.4, -0.2) is 39.6 Å². The summed E-state index contributed by atoms with van der Waals surface area (Å²) in [6, 6.07) is 7.46. The van der Waals surface area contributed by atoms with Crippen molar-refractivity contribution in [2.45, 2.75) is 65.3 Å².